The normalized spacial score (nSPS) is 14.7. The topological polar surface area (TPSA) is 63.2 Å². The summed E-state index contributed by atoms with van der Waals surface area (Å²) in [6.07, 6.45) is 4.53. The highest BCUT2D eigenvalue weighted by molar-refractivity contribution is 7.14. The number of ether oxygens (including phenoxy) is 1. The first-order valence-corrected chi connectivity index (χ1v) is 8.72. The van der Waals surface area contributed by atoms with Crippen molar-refractivity contribution in [3.05, 3.63) is 34.8 Å². The summed E-state index contributed by atoms with van der Waals surface area (Å²) >= 11 is 1.42. The van der Waals surface area contributed by atoms with Gasteiger partial charge in [-0.15, -0.1) is 11.3 Å². The van der Waals surface area contributed by atoms with Crippen LogP contribution in [0.1, 0.15) is 41.7 Å². The maximum Gasteiger partial charge on any atom is 0.271 e. The fourth-order valence-corrected chi connectivity index (χ4v) is 3.50. The van der Waals surface area contributed by atoms with Gasteiger partial charge in [0, 0.05) is 11.4 Å². The molecular formula is C17H21N3O2S. The van der Waals surface area contributed by atoms with Gasteiger partial charge in [0.05, 0.1) is 12.8 Å². The minimum absolute atomic E-state index is 0.0857. The maximum absolute atomic E-state index is 12.2. The van der Waals surface area contributed by atoms with Crippen molar-refractivity contribution in [1.82, 2.24) is 10.3 Å². The molecule has 0 aliphatic heterocycles. The molecule has 6 heteroatoms. The molecule has 1 aromatic carbocycles. The van der Waals surface area contributed by atoms with Crippen molar-refractivity contribution < 1.29 is 9.53 Å². The number of benzene rings is 1. The summed E-state index contributed by atoms with van der Waals surface area (Å²) in [5.74, 6) is 0.667. The monoisotopic (exact) mass is 331 g/mol. The molecule has 1 aliphatic carbocycles. The van der Waals surface area contributed by atoms with Crippen molar-refractivity contribution in [3.8, 4) is 5.75 Å². The number of hydrogen-bond acceptors (Lipinski definition) is 5. The zero-order chi connectivity index (χ0) is 16.2. The van der Waals surface area contributed by atoms with Gasteiger partial charge >= 0.3 is 0 Å². The first kappa shape index (κ1) is 15.8. The first-order chi connectivity index (χ1) is 11.2. The molecule has 1 aliphatic rings. The lowest BCUT2D eigenvalue weighted by Crippen LogP contribution is -2.32. The minimum atomic E-state index is -0.0857. The second-order valence-corrected chi connectivity index (χ2v) is 6.68. The van der Waals surface area contributed by atoms with E-state index >= 15 is 0 Å². The summed E-state index contributed by atoms with van der Waals surface area (Å²) in [5.41, 5.74) is 2.45. The number of anilines is 2. The van der Waals surface area contributed by atoms with Crippen molar-refractivity contribution in [2.45, 2.75) is 38.6 Å². The fraction of sp³-hybridized carbons (Fsp3) is 0.412. The van der Waals surface area contributed by atoms with E-state index in [1.807, 2.05) is 25.1 Å². The number of nitrogens with zero attached hydrogens (tertiary/aromatic N) is 1. The van der Waals surface area contributed by atoms with Crippen LogP contribution in [0.3, 0.4) is 0 Å². The van der Waals surface area contributed by atoms with Gasteiger partial charge in [0.25, 0.3) is 5.91 Å². The van der Waals surface area contributed by atoms with E-state index in [4.69, 9.17) is 4.74 Å². The summed E-state index contributed by atoms with van der Waals surface area (Å²) in [6, 6.07) is 6.21. The van der Waals surface area contributed by atoms with Crippen LogP contribution in [0.2, 0.25) is 0 Å². The summed E-state index contributed by atoms with van der Waals surface area (Å²) in [5, 5.41) is 8.76. The molecule has 3 rings (SSSR count). The molecule has 1 heterocycles. The molecule has 1 amide bonds. The van der Waals surface area contributed by atoms with Gasteiger partial charge < -0.3 is 15.4 Å². The molecule has 1 aromatic heterocycles. The molecule has 1 saturated carbocycles. The van der Waals surface area contributed by atoms with Gasteiger partial charge in [-0.1, -0.05) is 18.9 Å². The van der Waals surface area contributed by atoms with E-state index in [0.29, 0.717) is 16.9 Å². The average molecular weight is 331 g/mol. The van der Waals surface area contributed by atoms with Gasteiger partial charge in [-0.05, 0) is 37.5 Å². The van der Waals surface area contributed by atoms with Crippen LogP contribution in [0.4, 0.5) is 10.8 Å². The van der Waals surface area contributed by atoms with Crippen LogP contribution >= 0.6 is 11.3 Å². The molecule has 0 radical (unpaired) electrons. The lowest BCUT2D eigenvalue weighted by molar-refractivity contribution is 0.0933. The third-order valence-corrected chi connectivity index (χ3v) is 4.78. The van der Waals surface area contributed by atoms with Crippen molar-refractivity contribution in [2.75, 3.05) is 12.4 Å². The number of thiazole rings is 1. The number of nitrogens with one attached hydrogen (secondary N) is 2. The Labute approximate surface area is 140 Å². The fourth-order valence-electron chi connectivity index (χ4n) is 2.80. The van der Waals surface area contributed by atoms with Gasteiger partial charge in [0.2, 0.25) is 0 Å². The third-order valence-electron chi connectivity index (χ3n) is 4.02. The van der Waals surface area contributed by atoms with E-state index in [-0.39, 0.29) is 5.91 Å². The Morgan fingerprint density at radius 1 is 1.35 bits per heavy atom. The van der Waals surface area contributed by atoms with Gasteiger partial charge in [-0.3, -0.25) is 4.79 Å². The maximum atomic E-state index is 12.2. The molecule has 5 nitrogen and oxygen atoms in total. The summed E-state index contributed by atoms with van der Waals surface area (Å²) in [6.45, 7) is 2.02. The van der Waals surface area contributed by atoms with Crippen LogP contribution in [0.25, 0.3) is 0 Å². The standard InChI is InChI=1S/C17H21N3O2S/c1-11-7-8-15(22-2)13(9-11)19-17-20-14(10-23-17)16(21)18-12-5-3-4-6-12/h7-10,12H,3-6H2,1-2H3,(H,18,21)(H,19,20). The average Bonchev–Trinajstić information content (AvgIpc) is 3.19. The summed E-state index contributed by atoms with van der Waals surface area (Å²) in [4.78, 5) is 16.6. The van der Waals surface area contributed by atoms with Crippen LogP contribution in [-0.4, -0.2) is 24.0 Å². The van der Waals surface area contributed by atoms with Gasteiger partial charge in [-0.25, -0.2) is 4.98 Å². The summed E-state index contributed by atoms with van der Waals surface area (Å²) < 4.78 is 5.35. The second kappa shape index (κ2) is 7.00. The number of carbonyl (C=O) groups is 1. The zero-order valence-corrected chi connectivity index (χ0v) is 14.2. The van der Waals surface area contributed by atoms with Crippen molar-refractivity contribution >= 4 is 28.1 Å². The van der Waals surface area contributed by atoms with Gasteiger partial charge in [-0.2, -0.15) is 0 Å². The molecule has 122 valence electrons. The number of rotatable bonds is 5. The Morgan fingerprint density at radius 2 is 2.13 bits per heavy atom. The number of carbonyl (C=O) groups excluding carboxylic acids is 1. The highest BCUT2D eigenvalue weighted by Crippen LogP contribution is 2.30. The smallest absolute Gasteiger partial charge is 0.271 e. The Hall–Kier alpha value is -2.08. The van der Waals surface area contributed by atoms with E-state index in [2.05, 4.69) is 15.6 Å². The first-order valence-electron chi connectivity index (χ1n) is 7.84. The highest BCUT2D eigenvalue weighted by atomic mass is 32.1. The Bertz CT molecular complexity index is 693. The summed E-state index contributed by atoms with van der Waals surface area (Å²) in [7, 11) is 1.64. The molecule has 0 unspecified atom stereocenters. The van der Waals surface area contributed by atoms with Gasteiger partial charge in [0.15, 0.2) is 5.13 Å². The van der Waals surface area contributed by atoms with E-state index in [1.165, 1.54) is 24.2 Å². The van der Waals surface area contributed by atoms with E-state index < -0.39 is 0 Å². The van der Waals surface area contributed by atoms with Crippen LogP contribution in [0.15, 0.2) is 23.6 Å². The van der Waals surface area contributed by atoms with Crippen molar-refractivity contribution in [2.24, 2.45) is 0 Å². The molecule has 0 bridgehead atoms. The highest BCUT2D eigenvalue weighted by Gasteiger charge is 2.19. The van der Waals surface area contributed by atoms with E-state index in [1.54, 1.807) is 12.5 Å². The third kappa shape index (κ3) is 3.82. The number of aromatic nitrogens is 1. The van der Waals surface area contributed by atoms with Crippen LogP contribution in [0.5, 0.6) is 5.75 Å². The van der Waals surface area contributed by atoms with Crippen LogP contribution < -0.4 is 15.4 Å². The quantitative estimate of drug-likeness (QED) is 0.873. The van der Waals surface area contributed by atoms with Crippen molar-refractivity contribution in [3.63, 3.8) is 0 Å². The zero-order valence-electron chi connectivity index (χ0n) is 13.4. The minimum Gasteiger partial charge on any atom is -0.495 e. The molecule has 1 fully saturated rings. The molecule has 2 N–H and O–H groups in total. The number of aryl methyl sites for hydroxylation is 1. The Kier molecular flexibility index (Phi) is 4.81. The molecular weight excluding hydrogens is 310 g/mol. The number of amides is 1. The van der Waals surface area contributed by atoms with Crippen molar-refractivity contribution in [1.29, 1.82) is 0 Å². The predicted octanol–water partition coefficient (Wildman–Crippen LogP) is 3.88. The number of hydrogen-bond donors (Lipinski definition) is 2. The Morgan fingerprint density at radius 3 is 2.87 bits per heavy atom. The second-order valence-electron chi connectivity index (χ2n) is 5.82. The Balaban J connectivity index is 1.69. The molecule has 23 heavy (non-hydrogen) atoms. The molecule has 0 atom stereocenters. The SMILES string of the molecule is COc1ccc(C)cc1Nc1nc(C(=O)NC2CCCC2)cs1. The van der Waals surface area contributed by atoms with Gasteiger partial charge in [0.1, 0.15) is 11.4 Å². The van der Waals surface area contributed by atoms with E-state index in [9.17, 15) is 4.79 Å². The lowest BCUT2D eigenvalue weighted by atomic mass is 10.2. The van der Waals surface area contributed by atoms with E-state index in [0.717, 1.165) is 29.8 Å². The predicted molar refractivity (Wildman–Crippen MR) is 92.8 cm³/mol. The molecule has 0 spiro atoms. The lowest BCUT2D eigenvalue weighted by Gasteiger charge is -2.10. The van der Waals surface area contributed by atoms with Crippen LogP contribution in [-0.2, 0) is 0 Å². The molecule has 0 saturated heterocycles. The number of methoxy groups -OCH3 is 1. The molecule has 2 aromatic rings. The van der Waals surface area contributed by atoms with Crippen LogP contribution in [0, 0.1) is 6.92 Å². The largest absolute Gasteiger partial charge is 0.495 e.